The highest BCUT2D eigenvalue weighted by Crippen LogP contribution is 2.54. The average Bonchev–Trinajstić information content (AvgIpc) is 3.13. The van der Waals surface area contributed by atoms with Crippen LogP contribution in [0.4, 0.5) is 0 Å². The van der Waals surface area contributed by atoms with Crippen molar-refractivity contribution in [1.82, 2.24) is 25.0 Å². The number of nitrogens with zero attached hydrogens (tertiary/aromatic N) is 4. The SMILES string of the molecule is CC1(C)CC1C(=O)N1CC2(CN(C(=O)c3cnn(Cc4ccccc4)c3)C[C@@H]2C(O)NN)C1. The number of hydrogen-bond donors (Lipinski definition) is 3. The van der Waals surface area contributed by atoms with Gasteiger partial charge >= 0.3 is 0 Å². The zero-order chi connectivity index (χ0) is 23.4. The number of carbonyl (C=O) groups is 2. The van der Waals surface area contributed by atoms with E-state index >= 15 is 0 Å². The molecule has 9 nitrogen and oxygen atoms in total. The van der Waals surface area contributed by atoms with Crippen LogP contribution in [0.3, 0.4) is 0 Å². The van der Waals surface area contributed by atoms with Gasteiger partial charge in [0.1, 0.15) is 6.23 Å². The van der Waals surface area contributed by atoms with Gasteiger partial charge in [-0.3, -0.25) is 20.1 Å². The van der Waals surface area contributed by atoms with Gasteiger partial charge in [-0.2, -0.15) is 5.10 Å². The molecule has 3 heterocycles. The lowest BCUT2D eigenvalue weighted by molar-refractivity contribution is -0.150. The molecule has 3 atom stereocenters. The van der Waals surface area contributed by atoms with Crippen LogP contribution in [-0.2, 0) is 11.3 Å². The second-order valence-corrected chi connectivity index (χ2v) is 10.6. The Morgan fingerprint density at radius 2 is 1.88 bits per heavy atom. The summed E-state index contributed by atoms with van der Waals surface area (Å²) < 4.78 is 1.75. The Labute approximate surface area is 193 Å². The van der Waals surface area contributed by atoms with E-state index in [0.29, 0.717) is 38.3 Å². The van der Waals surface area contributed by atoms with Gasteiger partial charge < -0.3 is 14.9 Å². The minimum atomic E-state index is -0.946. The van der Waals surface area contributed by atoms with Crippen LogP contribution in [0.5, 0.6) is 0 Å². The number of likely N-dealkylation sites (tertiary alicyclic amines) is 2. The van der Waals surface area contributed by atoms with Crippen LogP contribution in [0.25, 0.3) is 0 Å². The summed E-state index contributed by atoms with van der Waals surface area (Å²) >= 11 is 0. The van der Waals surface area contributed by atoms with Crippen molar-refractivity contribution in [2.75, 3.05) is 26.2 Å². The third-order valence-electron chi connectivity index (χ3n) is 7.75. The van der Waals surface area contributed by atoms with Gasteiger partial charge in [-0.05, 0) is 17.4 Å². The molecule has 1 aromatic carbocycles. The quantitative estimate of drug-likeness (QED) is 0.337. The van der Waals surface area contributed by atoms with E-state index in [1.807, 2.05) is 35.2 Å². The average molecular weight is 453 g/mol. The molecule has 2 aliphatic heterocycles. The summed E-state index contributed by atoms with van der Waals surface area (Å²) in [6.45, 7) is 6.76. The maximum absolute atomic E-state index is 13.3. The summed E-state index contributed by atoms with van der Waals surface area (Å²) in [5.74, 6) is 5.46. The molecule has 3 aliphatic rings. The smallest absolute Gasteiger partial charge is 0.257 e. The number of hydrazine groups is 1. The molecule has 2 aromatic rings. The monoisotopic (exact) mass is 452 g/mol. The molecular formula is C24H32N6O3. The predicted octanol–water partition coefficient (Wildman–Crippen LogP) is 0.660. The molecule has 2 saturated heterocycles. The molecule has 4 N–H and O–H groups in total. The Kier molecular flexibility index (Phi) is 5.30. The highest BCUT2D eigenvalue weighted by molar-refractivity contribution is 5.94. The minimum absolute atomic E-state index is 0.0785. The van der Waals surface area contributed by atoms with Crippen molar-refractivity contribution in [3.8, 4) is 0 Å². The molecule has 1 aliphatic carbocycles. The van der Waals surface area contributed by atoms with Crippen LogP contribution in [0.1, 0.15) is 36.2 Å². The summed E-state index contributed by atoms with van der Waals surface area (Å²) in [6.07, 6.45) is 3.33. The number of amides is 2. The maximum atomic E-state index is 13.3. The molecule has 1 saturated carbocycles. The van der Waals surface area contributed by atoms with E-state index in [2.05, 4.69) is 24.4 Å². The highest BCUT2D eigenvalue weighted by atomic mass is 16.3. The van der Waals surface area contributed by atoms with Crippen molar-refractivity contribution < 1.29 is 14.7 Å². The van der Waals surface area contributed by atoms with Crippen LogP contribution in [0.15, 0.2) is 42.7 Å². The first-order valence-corrected chi connectivity index (χ1v) is 11.5. The molecule has 176 valence electrons. The van der Waals surface area contributed by atoms with Crippen LogP contribution in [0, 0.1) is 22.7 Å². The molecule has 2 unspecified atom stereocenters. The van der Waals surface area contributed by atoms with Crippen molar-refractivity contribution in [2.24, 2.45) is 28.5 Å². The molecule has 1 spiro atoms. The van der Waals surface area contributed by atoms with E-state index < -0.39 is 6.23 Å². The first-order valence-electron chi connectivity index (χ1n) is 11.5. The molecule has 0 bridgehead atoms. The fraction of sp³-hybridized carbons (Fsp3) is 0.542. The Balaban J connectivity index is 1.27. The van der Waals surface area contributed by atoms with Crippen molar-refractivity contribution in [3.05, 3.63) is 53.9 Å². The van der Waals surface area contributed by atoms with Crippen molar-refractivity contribution >= 4 is 11.8 Å². The molecule has 5 rings (SSSR count). The molecule has 2 amide bonds. The summed E-state index contributed by atoms with van der Waals surface area (Å²) in [5.41, 5.74) is 3.80. The van der Waals surface area contributed by atoms with Crippen LogP contribution >= 0.6 is 0 Å². The van der Waals surface area contributed by atoms with Gasteiger partial charge in [0.05, 0.1) is 18.3 Å². The van der Waals surface area contributed by atoms with Gasteiger partial charge in [-0.15, -0.1) is 0 Å². The van der Waals surface area contributed by atoms with Gasteiger partial charge in [-0.25, -0.2) is 5.43 Å². The van der Waals surface area contributed by atoms with Gasteiger partial charge in [0.25, 0.3) is 5.91 Å². The number of nitrogens with one attached hydrogen (secondary N) is 1. The van der Waals surface area contributed by atoms with Crippen LogP contribution in [-0.4, -0.2) is 68.9 Å². The zero-order valence-corrected chi connectivity index (χ0v) is 19.1. The van der Waals surface area contributed by atoms with Crippen molar-refractivity contribution in [1.29, 1.82) is 0 Å². The topological polar surface area (TPSA) is 117 Å². The summed E-state index contributed by atoms with van der Waals surface area (Å²) in [7, 11) is 0. The fourth-order valence-electron chi connectivity index (χ4n) is 5.53. The third-order valence-corrected chi connectivity index (χ3v) is 7.75. The zero-order valence-electron chi connectivity index (χ0n) is 19.1. The number of benzene rings is 1. The summed E-state index contributed by atoms with van der Waals surface area (Å²) in [4.78, 5) is 29.7. The molecule has 3 fully saturated rings. The Morgan fingerprint density at radius 1 is 1.21 bits per heavy atom. The number of nitrogens with two attached hydrogens (primary N) is 1. The lowest BCUT2D eigenvalue weighted by Gasteiger charge is -2.51. The van der Waals surface area contributed by atoms with E-state index in [4.69, 9.17) is 5.84 Å². The maximum Gasteiger partial charge on any atom is 0.257 e. The van der Waals surface area contributed by atoms with E-state index in [1.54, 1.807) is 22.0 Å². The number of aromatic nitrogens is 2. The highest BCUT2D eigenvalue weighted by Gasteiger charge is 2.61. The van der Waals surface area contributed by atoms with Gasteiger partial charge in [0.15, 0.2) is 0 Å². The van der Waals surface area contributed by atoms with Crippen LogP contribution < -0.4 is 11.3 Å². The summed E-state index contributed by atoms with van der Waals surface area (Å²) in [5, 5.41) is 14.9. The number of aliphatic hydroxyl groups excluding tert-OH is 1. The fourth-order valence-corrected chi connectivity index (χ4v) is 5.53. The van der Waals surface area contributed by atoms with E-state index in [9.17, 15) is 14.7 Å². The molecular weight excluding hydrogens is 420 g/mol. The van der Waals surface area contributed by atoms with Gasteiger partial charge in [-0.1, -0.05) is 44.2 Å². The molecule has 9 heteroatoms. The van der Waals surface area contributed by atoms with Crippen molar-refractivity contribution in [2.45, 2.75) is 33.0 Å². The molecule has 0 radical (unpaired) electrons. The first kappa shape index (κ1) is 22.1. The Hall–Kier alpha value is -2.75. The second-order valence-electron chi connectivity index (χ2n) is 10.6. The third kappa shape index (κ3) is 3.94. The van der Waals surface area contributed by atoms with Crippen LogP contribution in [0.2, 0.25) is 0 Å². The van der Waals surface area contributed by atoms with E-state index in [0.717, 1.165) is 12.0 Å². The van der Waals surface area contributed by atoms with Gasteiger partial charge in [0.2, 0.25) is 5.91 Å². The largest absolute Gasteiger partial charge is 0.377 e. The Bertz CT molecular complexity index is 1050. The van der Waals surface area contributed by atoms with Gasteiger partial charge in [0, 0.05) is 49.6 Å². The molecule has 33 heavy (non-hydrogen) atoms. The number of aliphatic hydroxyl groups is 1. The first-order chi connectivity index (χ1) is 15.7. The lowest BCUT2D eigenvalue weighted by atomic mass is 9.70. The lowest BCUT2D eigenvalue weighted by Crippen LogP contribution is -2.65. The predicted molar refractivity (Wildman–Crippen MR) is 121 cm³/mol. The van der Waals surface area contributed by atoms with E-state index in [-0.39, 0.29) is 34.5 Å². The number of hydrogen-bond acceptors (Lipinski definition) is 6. The normalized spacial score (nSPS) is 25.7. The number of rotatable bonds is 6. The van der Waals surface area contributed by atoms with E-state index in [1.165, 1.54) is 0 Å². The standard InChI is InChI=1S/C24H32N6O3/c1-23(2)8-18(23)22(33)29-14-24(15-29)13-28(12-19(24)20(31)27-25)21(32)17-9-26-30(11-17)10-16-6-4-3-5-7-16/h3-7,9,11,18-20,27,31H,8,10,12-15,25H2,1-2H3/t18?,19-,20?/m1/s1. The second kappa shape index (κ2) is 7.93. The summed E-state index contributed by atoms with van der Waals surface area (Å²) in [6, 6.07) is 9.95. The number of carbonyl (C=O) groups excluding carboxylic acids is 2. The van der Waals surface area contributed by atoms with Crippen molar-refractivity contribution in [3.63, 3.8) is 0 Å². The minimum Gasteiger partial charge on any atom is -0.377 e. The Morgan fingerprint density at radius 3 is 2.52 bits per heavy atom. The molecule has 1 aromatic heterocycles.